The van der Waals surface area contributed by atoms with Crippen LogP contribution in [0.25, 0.3) is 17.3 Å². The van der Waals surface area contributed by atoms with Crippen LogP contribution >= 0.6 is 12.2 Å². The minimum Gasteiger partial charge on any atom is -0.497 e. The molecule has 7 heteroatoms. The molecule has 2 aromatic heterocycles. The fourth-order valence-corrected chi connectivity index (χ4v) is 1.64. The summed E-state index contributed by atoms with van der Waals surface area (Å²) < 4.78 is 12.3. The molecule has 86 valence electrons. The quantitative estimate of drug-likeness (QED) is 0.703. The van der Waals surface area contributed by atoms with Gasteiger partial charge in [0, 0.05) is 5.56 Å². The molecule has 0 fully saturated rings. The lowest BCUT2D eigenvalue weighted by atomic mass is 10.2. The average Bonchev–Trinajstić information content (AvgIpc) is 2.86. The number of nitrogens with zero attached hydrogens (tertiary/aromatic N) is 3. The fourth-order valence-electron chi connectivity index (χ4n) is 1.48. The molecular formula is C10H8N4O2S. The average molecular weight is 248 g/mol. The van der Waals surface area contributed by atoms with Crippen molar-refractivity contribution in [3.63, 3.8) is 0 Å². The third-order valence-corrected chi connectivity index (χ3v) is 2.48. The first-order valence-corrected chi connectivity index (χ1v) is 5.27. The Kier molecular flexibility index (Phi) is 2.19. The molecule has 17 heavy (non-hydrogen) atoms. The number of aromatic amines is 1. The highest BCUT2D eigenvalue weighted by molar-refractivity contribution is 7.71. The Hall–Kier alpha value is -2.15. The van der Waals surface area contributed by atoms with E-state index in [0.29, 0.717) is 16.5 Å². The van der Waals surface area contributed by atoms with Crippen LogP contribution in [0.3, 0.4) is 0 Å². The van der Waals surface area contributed by atoms with Gasteiger partial charge in [-0.2, -0.15) is 4.98 Å². The van der Waals surface area contributed by atoms with E-state index in [9.17, 15) is 0 Å². The minimum atomic E-state index is 0.345. The highest BCUT2D eigenvalue weighted by Gasteiger charge is 2.09. The first kappa shape index (κ1) is 10.0. The molecule has 3 aromatic rings. The number of benzene rings is 1. The molecule has 3 rings (SSSR count). The number of methoxy groups -OCH3 is 1. The van der Waals surface area contributed by atoms with E-state index in [4.69, 9.17) is 21.4 Å². The Morgan fingerprint density at radius 1 is 1.35 bits per heavy atom. The number of hydrogen-bond donors (Lipinski definition) is 1. The van der Waals surface area contributed by atoms with Crippen molar-refractivity contribution in [1.29, 1.82) is 0 Å². The predicted octanol–water partition coefficient (Wildman–Crippen LogP) is 2.06. The number of aromatic nitrogens is 4. The monoisotopic (exact) mass is 248 g/mol. The number of rotatable bonds is 2. The summed E-state index contributed by atoms with van der Waals surface area (Å²) in [5.41, 5.74) is 0.843. The van der Waals surface area contributed by atoms with Crippen LogP contribution in [0.4, 0.5) is 0 Å². The molecule has 0 atom stereocenters. The lowest BCUT2D eigenvalue weighted by Crippen LogP contribution is -1.87. The van der Waals surface area contributed by atoms with E-state index >= 15 is 0 Å². The summed E-state index contributed by atoms with van der Waals surface area (Å²) in [7, 11) is 1.62. The van der Waals surface area contributed by atoms with Crippen LogP contribution < -0.4 is 4.74 Å². The number of ether oxygens (including phenoxy) is 1. The summed E-state index contributed by atoms with van der Waals surface area (Å²) in [6.07, 6.45) is 0. The maximum atomic E-state index is 5.45. The Morgan fingerprint density at radius 2 is 2.12 bits per heavy atom. The Bertz CT molecular complexity index is 675. The molecule has 0 aliphatic heterocycles. The maximum Gasteiger partial charge on any atom is 0.343 e. The zero-order valence-electron chi connectivity index (χ0n) is 8.88. The Balaban J connectivity index is 2.06. The topological polar surface area (TPSA) is 68.3 Å². The van der Waals surface area contributed by atoms with Crippen molar-refractivity contribution in [2.75, 3.05) is 7.11 Å². The van der Waals surface area contributed by atoms with Crippen molar-refractivity contribution in [1.82, 2.24) is 19.8 Å². The summed E-state index contributed by atoms with van der Waals surface area (Å²) in [6.45, 7) is 0. The van der Waals surface area contributed by atoms with Crippen LogP contribution in [0.5, 0.6) is 5.75 Å². The molecular weight excluding hydrogens is 240 g/mol. The van der Waals surface area contributed by atoms with E-state index in [-0.39, 0.29) is 0 Å². The number of fused-ring (bicyclic) bond motifs is 1. The summed E-state index contributed by atoms with van der Waals surface area (Å²) in [5, 5.41) is 6.95. The van der Waals surface area contributed by atoms with E-state index in [2.05, 4.69) is 15.2 Å². The van der Waals surface area contributed by atoms with E-state index in [1.807, 2.05) is 24.3 Å². The van der Waals surface area contributed by atoms with Crippen molar-refractivity contribution in [3.05, 3.63) is 29.0 Å². The minimum absolute atomic E-state index is 0.345. The first-order valence-electron chi connectivity index (χ1n) is 4.86. The van der Waals surface area contributed by atoms with Gasteiger partial charge in [0.15, 0.2) is 0 Å². The number of H-pyrrole nitrogens is 1. The normalized spacial score (nSPS) is 10.9. The van der Waals surface area contributed by atoms with Crippen molar-refractivity contribution in [2.45, 2.75) is 0 Å². The molecule has 0 aliphatic carbocycles. The molecule has 1 N–H and O–H groups in total. The molecule has 2 heterocycles. The van der Waals surface area contributed by atoms with Gasteiger partial charge in [-0.3, -0.25) is 0 Å². The second-order valence-corrected chi connectivity index (χ2v) is 3.75. The highest BCUT2D eigenvalue weighted by atomic mass is 32.1. The third kappa shape index (κ3) is 1.70. The lowest BCUT2D eigenvalue weighted by Gasteiger charge is -1.98. The molecule has 0 aliphatic rings. The second kappa shape index (κ2) is 3.70. The smallest absolute Gasteiger partial charge is 0.343 e. The third-order valence-electron chi connectivity index (χ3n) is 2.30. The molecule has 0 radical (unpaired) electrons. The molecule has 6 nitrogen and oxygen atoms in total. The van der Waals surface area contributed by atoms with Crippen molar-refractivity contribution in [2.24, 2.45) is 0 Å². The van der Waals surface area contributed by atoms with Crippen molar-refractivity contribution in [3.8, 4) is 17.2 Å². The SMILES string of the molecule is COc1ccc(-c2nn3[nH]c(=S)nc3o2)cc1. The molecule has 0 saturated heterocycles. The fraction of sp³-hybridized carbons (Fsp3) is 0.100. The van der Waals surface area contributed by atoms with E-state index in [1.54, 1.807) is 7.11 Å². The van der Waals surface area contributed by atoms with Gasteiger partial charge in [-0.15, -0.1) is 9.73 Å². The van der Waals surface area contributed by atoms with Crippen molar-refractivity contribution < 1.29 is 9.15 Å². The summed E-state index contributed by atoms with van der Waals surface area (Å²) in [6, 6.07) is 7.40. The second-order valence-electron chi connectivity index (χ2n) is 3.36. The molecule has 0 amide bonds. The molecule has 1 aromatic carbocycles. The van der Waals surface area contributed by atoms with E-state index < -0.39 is 0 Å². The summed E-state index contributed by atoms with van der Waals surface area (Å²) >= 11 is 4.86. The standard InChI is InChI=1S/C10H8N4O2S/c1-15-7-4-2-6(3-5-7)8-12-14-10(16-8)11-9(17)13-14/h2-5H,1H3,(H,13,17). The van der Waals surface area contributed by atoms with Crippen LogP contribution in [0.1, 0.15) is 0 Å². The van der Waals surface area contributed by atoms with Gasteiger partial charge >= 0.3 is 5.84 Å². The van der Waals surface area contributed by atoms with E-state index in [1.165, 1.54) is 4.63 Å². The van der Waals surface area contributed by atoms with Gasteiger partial charge in [0.25, 0.3) is 0 Å². The van der Waals surface area contributed by atoms with Gasteiger partial charge in [0.1, 0.15) is 5.75 Å². The van der Waals surface area contributed by atoms with Gasteiger partial charge in [-0.05, 0) is 36.5 Å². The zero-order valence-corrected chi connectivity index (χ0v) is 9.69. The van der Waals surface area contributed by atoms with Gasteiger partial charge in [0.2, 0.25) is 10.7 Å². The summed E-state index contributed by atoms with van der Waals surface area (Å²) in [5.74, 6) is 1.60. The van der Waals surface area contributed by atoms with Gasteiger partial charge in [-0.25, -0.2) is 5.10 Å². The van der Waals surface area contributed by atoms with Gasteiger partial charge in [0.05, 0.1) is 7.11 Å². The van der Waals surface area contributed by atoms with Gasteiger partial charge in [-0.1, -0.05) is 0 Å². The van der Waals surface area contributed by atoms with E-state index in [0.717, 1.165) is 11.3 Å². The first-order chi connectivity index (χ1) is 8.26. The van der Waals surface area contributed by atoms with Crippen LogP contribution in [-0.2, 0) is 0 Å². The van der Waals surface area contributed by atoms with Crippen LogP contribution in [-0.4, -0.2) is 26.9 Å². The number of nitrogens with one attached hydrogen (secondary N) is 1. The largest absolute Gasteiger partial charge is 0.497 e. The lowest BCUT2D eigenvalue weighted by molar-refractivity contribution is 0.415. The van der Waals surface area contributed by atoms with Gasteiger partial charge < -0.3 is 9.15 Å². The zero-order chi connectivity index (χ0) is 11.8. The maximum absolute atomic E-state index is 5.45. The summed E-state index contributed by atoms with van der Waals surface area (Å²) in [4.78, 5) is 3.96. The molecule has 0 spiro atoms. The highest BCUT2D eigenvalue weighted by Crippen LogP contribution is 2.21. The number of hydrogen-bond acceptors (Lipinski definition) is 5. The molecule has 0 saturated carbocycles. The van der Waals surface area contributed by atoms with Crippen LogP contribution in [0.2, 0.25) is 0 Å². The molecule has 0 bridgehead atoms. The Morgan fingerprint density at radius 3 is 2.76 bits per heavy atom. The van der Waals surface area contributed by atoms with Crippen molar-refractivity contribution >= 4 is 18.1 Å². The van der Waals surface area contributed by atoms with Crippen LogP contribution in [0.15, 0.2) is 28.7 Å². The molecule has 0 unspecified atom stereocenters. The van der Waals surface area contributed by atoms with Crippen LogP contribution in [0, 0.1) is 4.77 Å². The predicted molar refractivity (Wildman–Crippen MR) is 62.4 cm³/mol. The Labute approximate surface area is 101 Å².